The van der Waals surface area contributed by atoms with E-state index in [0.717, 1.165) is 44.3 Å². The average molecular weight is 795 g/mol. The number of fused-ring (bicyclic) bond motifs is 18. The minimum Gasteiger partial charge on any atom is -0.484 e. The standard InChI is InChI=1S/C56H30N2O4/c59-55-37-11-3-7-15-45(37)61-47-27-31(19-23-39(47)55)29-18-22-36-43(25-29)57-41-13-5-1-9-33(41)49-51-35-21-17-30(32-20-24-40-48(28-32)62-46-16-8-4-12-38(46)56(40)60)26-44(35)58-42-14-6-2-10-34(42)50(54(51)58)52(36)53(49)57/h1-28,37,45H. The first kappa shape index (κ1) is 32.6. The molecule has 2 atom stereocenters. The Labute approximate surface area is 351 Å². The molecule has 0 radical (unpaired) electrons. The van der Waals surface area contributed by atoms with Gasteiger partial charge in [0, 0.05) is 43.1 Å². The number of ether oxygens (including phenoxy) is 1. The highest BCUT2D eigenvalue weighted by Crippen LogP contribution is 2.52. The van der Waals surface area contributed by atoms with Gasteiger partial charge in [-0.2, -0.15) is 0 Å². The normalized spacial score (nSPS) is 16.5. The highest BCUT2D eigenvalue weighted by Gasteiger charge is 2.35. The third kappa shape index (κ3) is 3.95. The number of nitrogens with zero attached hydrogens (tertiary/aromatic N) is 2. The lowest BCUT2D eigenvalue weighted by molar-refractivity contribution is 0.0807. The number of Topliss-reactive ketones (excluding diaryl/α,β-unsaturated/α-hetero) is 1. The molecule has 8 aromatic carbocycles. The number of para-hydroxylation sites is 3. The summed E-state index contributed by atoms with van der Waals surface area (Å²) < 4.78 is 17.7. The van der Waals surface area contributed by atoms with Crippen molar-refractivity contribution in [2.75, 3.05) is 0 Å². The van der Waals surface area contributed by atoms with Gasteiger partial charge >= 0.3 is 0 Å². The number of carbonyl (C=O) groups is 1. The molecule has 1 aliphatic heterocycles. The molecule has 1 aliphatic carbocycles. The van der Waals surface area contributed by atoms with Crippen molar-refractivity contribution >= 4 is 104 Å². The topological polar surface area (TPSA) is 65.3 Å². The minimum atomic E-state index is -0.290. The molecular weight excluding hydrogens is 765 g/mol. The van der Waals surface area contributed by atoms with Crippen LogP contribution in [0.2, 0.25) is 0 Å². The molecule has 0 bridgehead atoms. The fourth-order valence-electron chi connectivity index (χ4n) is 11.2. The molecule has 0 N–H and O–H groups in total. The molecule has 6 heterocycles. The molecule has 0 fully saturated rings. The molecule has 0 saturated carbocycles. The Hall–Kier alpha value is -8.22. The van der Waals surface area contributed by atoms with Crippen molar-refractivity contribution < 1.29 is 13.9 Å². The van der Waals surface area contributed by atoms with Crippen molar-refractivity contribution in [1.29, 1.82) is 0 Å². The van der Waals surface area contributed by atoms with Gasteiger partial charge in [-0.3, -0.25) is 9.59 Å². The zero-order valence-electron chi connectivity index (χ0n) is 32.8. The van der Waals surface area contributed by atoms with Gasteiger partial charge in [-0.1, -0.05) is 103 Å². The lowest BCUT2D eigenvalue weighted by Crippen LogP contribution is -2.36. The van der Waals surface area contributed by atoms with Gasteiger partial charge in [0.1, 0.15) is 23.0 Å². The summed E-state index contributed by atoms with van der Waals surface area (Å²) >= 11 is 0. The molecule has 2 unspecified atom stereocenters. The van der Waals surface area contributed by atoms with E-state index in [4.69, 9.17) is 9.15 Å². The Kier molecular flexibility index (Phi) is 5.96. The molecule has 288 valence electrons. The summed E-state index contributed by atoms with van der Waals surface area (Å²) in [7, 11) is 0. The second-order valence-electron chi connectivity index (χ2n) is 17.0. The fraction of sp³-hybridized carbons (Fsp3) is 0.0357. The summed E-state index contributed by atoms with van der Waals surface area (Å²) in [4.78, 5) is 26.9. The summed E-state index contributed by atoms with van der Waals surface area (Å²) in [6.07, 6.45) is 7.50. The second-order valence-corrected chi connectivity index (χ2v) is 17.0. The average Bonchev–Trinajstić information content (AvgIpc) is 4.04. The van der Waals surface area contributed by atoms with Gasteiger partial charge in [0.05, 0.1) is 55.4 Å². The zero-order valence-corrected chi connectivity index (χ0v) is 32.8. The van der Waals surface area contributed by atoms with Gasteiger partial charge in [-0.25, -0.2) is 0 Å². The van der Waals surface area contributed by atoms with Crippen LogP contribution >= 0.6 is 0 Å². The minimum absolute atomic E-state index is 0.0174. The summed E-state index contributed by atoms with van der Waals surface area (Å²) in [6, 6.07) is 50.6. The number of allylic oxidation sites excluding steroid dienone is 2. The highest BCUT2D eigenvalue weighted by atomic mass is 16.5. The van der Waals surface area contributed by atoms with Crippen LogP contribution in [0.1, 0.15) is 10.4 Å². The molecular formula is C56H30N2O4. The monoisotopic (exact) mass is 794 g/mol. The van der Waals surface area contributed by atoms with E-state index in [0.29, 0.717) is 33.3 Å². The van der Waals surface area contributed by atoms with E-state index in [2.05, 4.69) is 99.8 Å². The zero-order chi connectivity index (χ0) is 40.5. The molecule has 0 amide bonds. The first-order chi connectivity index (χ1) is 30.6. The van der Waals surface area contributed by atoms with Gasteiger partial charge < -0.3 is 18.0 Å². The van der Waals surface area contributed by atoms with Gasteiger partial charge in [0.15, 0.2) is 5.78 Å². The number of ketones is 1. The molecule has 0 spiro atoms. The van der Waals surface area contributed by atoms with Crippen LogP contribution in [0.25, 0.3) is 120 Å². The van der Waals surface area contributed by atoms with E-state index in [1.807, 2.05) is 78.9 Å². The number of hydrogen-bond acceptors (Lipinski definition) is 4. The summed E-state index contributed by atoms with van der Waals surface area (Å²) in [5.41, 5.74) is 12.9. The Bertz CT molecular complexity index is 4310. The second kappa shape index (κ2) is 11.3. The van der Waals surface area contributed by atoms with Crippen LogP contribution in [0.4, 0.5) is 0 Å². The van der Waals surface area contributed by atoms with E-state index in [1.165, 1.54) is 54.1 Å². The SMILES string of the molecule is O=C1c2ccc(-c3ccc4c5c6c7ccccc7n7c8cc(-c9ccc%10c(=O)c%11ccccc%11oc%10c9)ccc8c(c8c9ccccc9n(c4c3)c85)c67)cc2OC2C=CC=CC12. The third-order valence-electron chi connectivity index (χ3n) is 13.9. The highest BCUT2D eigenvalue weighted by molar-refractivity contribution is 6.45. The van der Waals surface area contributed by atoms with Gasteiger partial charge in [0.2, 0.25) is 5.43 Å². The van der Waals surface area contributed by atoms with Crippen LogP contribution in [-0.2, 0) is 0 Å². The number of rotatable bonds is 2. The van der Waals surface area contributed by atoms with E-state index in [9.17, 15) is 9.59 Å². The van der Waals surface area contributed by atoms with Crippen molar-refractivity contribution in [1.82, 2.24) is 8.80 Å². The predicted octanol–water partition coefficient (Wildman–Crippen LogP) is 13.3. The number of benzene rings is 8. The van der Waals surface area contributed by atoms with Crippen LogP contribution in [0.3, 0.4) is 0 Å². The molecule has 6 nitrogen and oxygen atoms in total. The fourth-order valence-corrected chi connectivity index (χ4v) is 11.2. The lowest BCUT2D eigenvalue weighted by atomic mass is 9.86. The van der Waals surface area contributed by atoms with E-state index >= 15 is 0 Å². The number of hydrogen-bond donors (Lipinski definition) is 0. The largest absolute Gasteiger partial charge is 0.484 e. The molecule has 15 rings (SSSR count). The number of aromatic nitrogens is 2. The van der Waals surface area contributed by atoms with Crippen molar-refractivity contribution in [3.63, 3.8) is 0 Å². The Balaban J connectivity index is 1.00. The summed E-state index contributed by atoms with van der Waals surface area (Å²) in [5.74, 6) is 0.450. The van der Waals surface area contributed by atoms with Crippen LogP contribution in [0.5, 0.6) is 5.75 Å². The quantitative estimate of drug-likeness (QED) is 0.164. The molecule has 2 aliphatic rings. The molecule has 62 heavy (non-hydrogen) atoms. The number of carbonyl (C=O) groups excluding carboxylic acids is 1. The predicted molar refractivity (Wildman–Crippen MR) is 251 cm³/mol. The lowest BCUT2D eigenvalue weighted by Gasteiger charge is -2.30. The van der Waals surface area contributed by atoms with Crippen molar-refractivity contribution in [2.24, 2.45) is 5.92 Å². The van der Waals surface area contributed by atoms with Crippen LogP contribution in [0, 0.1) is 5.92 Å². The van der Waals surface area contributed by atoms with Gasteiger partial charge in [-0.05, 0) is 89.0 Å². The Morgan fingerprint density at radius 2 is 0.935 bits per heavy atom. The molecule has 13 aromatic rings. The maximum Gasteiger partial charge on any atom is 0.200 e. The van der Waals surface area contributed by atoms with Crippen molar-refractivity contribution in [3.8, 4) is 28.0 Å². The third-order valence-corrected chi connectivity index (χ3v) is 13.9. The molecule has 6 heteroatoms. The first-order valence-electron chi connectivity index (χ1n) is 21.1. The maximum atomic E-state index is 13.5. The maximum absolute atomic E-state index is 13.5. The summed E-state index contributed by atoms with van der Waals surface area (Å²) in [5, 5.41) is 11.0. The van der Waals surface area contributed by atoms with Crippen molar-refractivity contribution in [2.45, 2.75) is 6.10 Å². The Morgan fingerprint density at radius 1 is 0.435 bits per heavy atom. The van der Waals surface area contributed by atoms with Gasteiger partial charge in [-0.15, -0.1) is 0 Å². The van der Waals surface area contributed by atoms with Crippen LogP contribution in [-0.4, -0.2) is 20.7 Å². The first-order valence-corrected chi connectivity index (χ1v) is 21.1. The van der Waals surface area contributed by atoms with Crippen LogP contribution < -0.4 is 10.2 Å². The summed E-state index contributed by atoms with van der Waals surface area (Å²) in [6.45, 7) is 0. The smallest absolute Gasteiger partial charge is 0.200 e. The van der Waals surface area contributed by atoms with E-state index < -0.39 is 0 Å². The van der Waals surface area contributed by atoms with Crippen molar-refractivity contribution in [3.05, 3.63) is 186 Å². The molecule has 5 aromatic heterocycles. The molecule has 0 saturated heterocycles. The van der Waals surface area contributed by atoms with E-state index in [-0.39, 0.29) is 23.2 Å². The van der Waals surface area contributed by atoms with Crippen LogP contribution in [0.15, 0.2) is 179 Å². The van der Waals surface area contributed by atoms with Gasteiger partial charge in [0.25, 0.3) is 0 Å². The van der Waals surface area contributed by atoms with E-state index in [1.54, 1.807) is 0 Å². The Morgan fingerprint density at radius 3 is 1.60 bits per heavy atom.